The lowest BCUT2D eigenvalue weighted by Crippen LogP contribution is -2.25. The van der Waals surface area contributed by atoms with Gasteiger partial charge in [-0.3, -0.25) is 0 Å². The van der Waals surface area contributed by atoms with Gasteiger partial charge in [-0.15, -0.1) is 0 Å². The van der Waals surface area contributed by atoms with Crippen molar-refractivity contribution in [3.05, 3.63) is 34.3 Å². The Kier molecular flexibility index (Phi) is 4.31. The molecule has 0 bridgehead atoms. The molecule has 0 amide bonds. The third-order valence-corrected chi connectivity index (χ3v) is 4.67. The molecule has 1 unspecified atom stereocenters. The molecular weight excluding hydrogens is 278 g/mol. The van der Waals surface area contributed by atoms with Crippen LogP contribution in [0.4, 0.5) is 0 Å². The fourth-order valence-electron chi connectivity index (χ4n) is 1.48. The van der Waals surface area contributed by atoms with Crippen LogP contribution in [0.1, 0.15) is 24.2 Å². The minimum absolute atomic E-state index is 0.486. The molecule has 0 saturated heterocycles. The first-order valence-corrected chi connectivity index (χ1v) is 7.03. The molecule has 1 aromatic carbocycles. The monoisotopic (exact) mass is 291 g/mol. The molecule has 1 atom stereocenters. The van der Waals surface area contributed by atoms with E-state index in [9.17, 15) is 8.42 Å². The van der Waals surface area contributed by atoms with Gasteiger partial charge in [0.05, 0.1) is 0 Å². The largest absolute Gasteiger partial charge is 0.218 e. The molecule has 0 saturated carbocycles. The number of rotatable bonds is 4. The van der Waals surface area contributed by atoms with Crippen molar-refractivity contribution in [1.82, 2.24) is 4.72 Å². The Bertz CT molecular complexity index is 431. The zero-order valence-electron chi connectivity index (χ0n) is 8.70. The molecule has 0 aliphatic heterocycles. The highest BCUT2D eigenvalue weighted by Crippen LogP contribution is 2.26. The van der Waals surface area contributed by atoms with Crippen molar-refractivity contribution in [1.29, 1.82) is 0 Å². The molecule has 0 spiro atoms. The quantitative estimate of drug-likeness (QED) is 0.926. The minimum atomic E-state index is -3.25. The van der Waals surface area contributed by atoms with Crippen molar-refractivity contribution in [2.45, 2.75) is 18.6 Å². The number of nitrogens with one attached hydrogen (secondary N) is 1. The van der Waals surface area contributed by atoms with Gasteiger partial charge in [0.15, 0.2) is 0 Å². The molecule has 0 aliphatic rings. The summed E-state index contributed by atoms with van der Waals surface area (Å²) in [5.41, 5.74) is 0.807. The van der Waals surface area contributed by atoms with E-state index in [4.69, 9.17) is 0 Å². The first-order chi connectivity index (χ1) is 7.01. The molecule has 1 N–H and O–H groups in total. The lowest BCUT2D eigenvalue weighted by atomic mass is 10.1. The van der Waals surface area contributed by atoms with Crippen LogP contribution >= 0.6 is 15.9 Å². The van der Waals surface area contributed by atoms with Crippen LogP contribution in [0.5, 0.6) is 0 Å². The molecule has 0 heterocycles. The van der Waals surface area contributed by atoms with Crippen LogP contribution in [0.15, 0.2) is 28.7 Å². The van der Waals surface area contributed by atoms with Crippen molar-refractivity contribution in [2.75, 3.05) is 7.05 Å². The third-order valence-electron chi connectivity index (χ3n) is 2.25. The Hall–Kier alpha value is -0.390. The summed E-state index contributed by atoms with van der Waals surface area (Å²) >= 11 is 3.33. The summed E-state index contributed by atoms with van der Waals surface area (Å²) in [5.74, 6) is 0. The summed E-state index contributed by atoms with van der Waals surface area (Å²) in [7, 11) is -1.81. The molecule has 84 valence electrons. The predicted molar refractivity (Wildman–Crippen MR) is 65.2 cm³/mol. The van der Waals surface area contributed by atoms with Gasteiger partial charge in [-0.05, 0) is 31.2 Å². The molecule has 0 fully saturated rings. The maximum absolute atomic E-state index is 11.7. The normalized spacial score (nSPS) is 13.8. The molecule has 1 aromatic rings. The second kappa shape index (κ2) is 5.09. The Balaban J connectivity index is 3.14. The van der Waals surface area contributed by atoms with Crippen molar-refractivity contribution < 1.29 is 8.42 Å². The average Bonchev–Trinajstić information content (AvgIpc) is 2.18. The Morgan fingerprint density at radius 2 is 2.13 bits per heavy atom. The Morgan fingerprint density at radius 3 is 2.60 bits per heavy atom. The number of hydrogen-bond acceptors (Lipinski definition) is 2. The average molecular weight is 292 g/mol. The number of benzene rings is 1. The molecule has 5 heteroatoms. The van der Waals surface area contributed by atoms with E-state index in [0.717, 1.165) is 10.0 Å². The molecule has 0 radical (unpaired) electrons. The Labute approximate surface area is 99.1 Å². The highest BCUT2D eigenvalue weighted by Gasteiger charge is 2.23. The first kappa shape index (κ1) is 12.7. The molecule has 15 heavy (non-hydrogen) atoms. The third kappa shape index (κ3) is 3.03. The van der Waals surface area contributed by atoms with Crippen molar-refractivity contribution in [3.8, 4) is 0 Å². The maximum atomic E-state index is 11.7. The summed E-state index contributed by atoms with van der Waals surface area (Å²) in [5, 5.41) is -0.486. The van der Waals surface area contributed by atoms with Crippen molar-refractivity contribution in [2.24, 2.45) is 0 Å². The zero-order valence-corrected chi connectivity index (χ0v) is 11.1. The minimum Gasteiger partial charge on any atom is -0.218 e. The smallest absolute Gasteiger partial charge is 0.218 e. The van der Waals surface area contributed by atoms with E-state index in [1.54, 1.807) is 0 Å². The van der Waals surface area contributed by atoms with E-state index in [1.165, 1.54) is 7.05 Å². The highest BCUT2D eigenvalue weighted by atomic mass is 79.9. The lowest BCUT2D eigenvalue weighted by Gasteiger charge is -2.15. The Morgan fingerprint density at radius 1 is 1.47 bits per heavy atom. The molecule has 0 aliphatic carbocycles. The van der Waals surface area contributed by atoms with Gasteiger partial charge in [-0.25, -0.2) is 13.1 Å². The molecule has 3 nitrogen and oxygen atoms in total. The van der Waals surface area contributed by atoms with Gasteiger partial charge < -0.3 is 0 Å². The van der Waals surface area contributed by atoms with Crippen LogP contribution in [-0.4, -0.2) is 15.5 Å². The van der Waals surface area contributed by atoms with Crippen LogP contribution in [-0.2, 0) is 10.0 Å². The van der Waals surface area contributed by atoms with Crippen LogP contribution in [0.2, 0.25) is 0 Å². The van der Waals surface area contributed by atoms with Crippen LogP contribution in [0, 0.1) is 0 Å². The van der Waals surface area contributed by atoms with E-state index >= 15 is 0 Å². The molecular formula is C10H14BrNO2S. The van der Waals surface area contributed by atoms with Gasteiger partial charge in [0, 0.05) is 4.47 Å². The maximum Gasteiger partial charge on any atom is 0.218 e. The summed E-state index contributed by atoms with van der Waals surface area (Å²) in [4.78, 5) is 0. The van der Waals surface area contributed by atoms with Crippen LogP contribution in [0.3, 0.4) is 0 Å². The van der Waals surface area contributed by atoms with Gasteiger partial charge >= 0.3 is 0 Å². The van der Waals surface area contributed by atoms with Gasteiger partial charge in [-0.1, -0.05) is 35.0 Å². The summed E-state index contributed by atoms with van der Waals surface area (Å²) < 4.78 is 26.7. The summed E-state index contributed by atoms with van der Waals surface area (Å²) in [6.45, 7) is 1.86. The standard InChI is InChI=1S/C10H14BrNO2S/c1-3-10(15(13,14)12-2)8-5-4-6-9(11)7-8/h4-7,10,12H,3H2,1-2H3. The van der Waals surface area contributed by atoms with E-state index in [1.807, 2.05) is 31.2 Å². The van der Waals surface area contributed by atoms with E-state index in [-0.39, 0.29) is 0 Å². The fourth-order valence-corrected chi connectivity index (χ4v) is 3.13. The predicted octanol–water partition coefficient (Wildman–Crippen LogP) is 2.45. The number of sulfonamides is 1. The summed E-state index contributed by atoms with van der Waals surface area (Å²) in [6.07, 6.45) is 0.555. The summed E-state index contributed by atoms with van der Waals surface area (Å²) in [6, 6.07) is 7.38. The van der Waals surface area contributed by atoms with Crippen molar-refractivity contribution in [3.63, 3.8) is 0 Å². The van der Waals surface area contributed by atoms with Gasteiger partial charge in [0.1, 0.15) is 5.25 Å². The lowest BCUT2D eigenvalue weighted by molar-refractivity contribution is 0.571. The zero-order chi connectivity index (χ0) is 11.5. The molecule has 1 rings (SSSR count). The van der Waals surface area contributed by atoms with Crippen LogP contribution in [0.25, 0.3) is 0 Å². The molecule has 0 aromatic heterocycles. The van der Waals surface area contributed by atoms with Gasteiger partial charge in [0.2, 0.25) is 10.0 Å². The van der Waals surface area contributed by atoms with Crippen molar-refractivity contribution >= 4 is 26.0 Å². The van der Waals surface area contributed by atoms with Gasteiger partial charge in [0.25, 0.3) is 0 Å². The van der Waals surface area contributed by atoms with E-state index in [2.05, 4.69) is 20.7 Å². The van der Waals surface area contributed by atoms with Crippen LogP contribution < -0.4 is 4.72 Å². The second-order valence-corrected chi connectivity index (χ2v) is 6.18. The first-order valence-electron chi connectivity index (χ1n) is 4.69. The second-order valence-electron chi connectivity index (χ2n) is 3.20. The van der Waals surface area contributed by atoms with Gasteiger partial charge in [-0.2, -0.15) is 0 Å². The van der Waals surface area contributed by atoms with E-state index < -0.39 is 15.3 Å². The number of halogens is 1. The van der Waals surface area contributed by atoms with E-state index in [0.29, 0.717) is 6.42 Å². The fraction of sp³-hybridized carbons (Fsp3) is 0.400. The SMILES string of the molecule is CCC(c1cccc(Br)c1)S(=O)(=O)NC. The topological polar surface area (TPSA) is 46.2 Å². The highest BCUT2D eigenvalue weighted by molar-refractivity contribution is 9.10. The number of hydrogen-bond donors (Lipinski definition) is 1.